The Bertz CT molecular complexity index is 1070. The summed E-state index contributed by atoms with van der Waals surface area (Å²) in [5, 5.41) is 10.2. The van der Waals surface area contributed by atoms with Crippen LogP contribution in [0.2, 0.25) is 0 Å². The molecule has 2 aromatic rings. The molecule has 0 aromatic heterocycles. The van der Waals surface area contributed by atoms with Crippen LogP contribution < -0.4 is 9.47 Å². The fourth-order valence-corrected chi connectivity index (χ4v) is 4.32. The molecule has 2 aliphatic rings. The fourth-order valence-electron chi connectivity index (χ4n) is 4.32. The Morgan fingerprint density at radius 3 is 2.59 bits per heavy atom. The van der Waals surface area contributed by atoms with Crippen LogP contribution in [-0.4, -0.2) is 29.6 Å². The van der Waals surface area contributed by atoms with Gasteiger partial charge in [0.1, 0.15) is 17.8 Å². The average molecular weight is 465 g/mol. The summed E-state index contributed by atoms with van der Waals surface area (Å²) in [5.41, 5.74) is 2.80. The standard InChI is InChI=1S/C28H32O6/c1-4-5-7-12-21-22-16-20(32-18(2)3)13-14-23(22)34-27(26(21)28(29)30)24-17-31-25(33-24)15-19-10-8-6-9-11-19/h6,8-11,13-14,16-18,25,27H,4-5,7,12,15H2,1-3H3,(H,29,30). The van der Waals surface area contributed by atoms with Gasteiger partial charge in [0.2, 0.25) is 6.29 Å². The van der Waals surface area contributed by atoms with Crippen LogP contribution in [0.15, 0.2) is 66.1 Å². The molecule has 0 radical (unpaired) electrons. The van der Waals surface area contributed by atoms with E-state index in [2.05, 4.69) is 6.92 Å². The highest BCUT2D eigenvalue weighted by molar-refractivity contribution is 6.00. The molecule has 0 aliphatic carbocycles. The number of hydrogen-bond acceptors (Lipinski definition) is 5. The third-order valence-corrected chi connectivity index (χ3v) is 5.85. The number of unbranched alkanes of at least 4 members (excludes halogenated alkanes) is 2. The SMILES string of the molecule is CCCCCC1=C(C(=O)O)C(C2=COC(Cc3ccccc3)O2)Oc2ccc(OC(C)C)cc21. The molecule has 2 aliphatic heterocycles. The van der Waals surface area contributed by atoms with E-state index < -0.39 is 18.4 Å². The number of aliphatic carboxylic acids is 1. The molecule has 2 heterocycles. The van der Waals surface area contributed by atoms with Crippen LogP contribution in [-0.2, 0) is 20.7 Å². The molecule has 0 fully saturated rings. The van der Waals surface area contributed by atoms with E-state index >= 15 is 0 Å². The topological polar surface area (TPSA) is 74.2 Å². The van der Waals surface area contributed by atoms with Crippen LogP contribution in [0.4, 0.5) is 0 Å². The number of allylic oxidation sites excluding steroid dienone is 1. The van der Waals surface area contributed by atoms with Crippen LogP contribution >= 0.6 is 0 Å². The Morgan fingerprint density at radius 1 is 1.09 bits per heavy atom. The number of carboxylic acid groups (broad SMARTS) is 1. The first-order chi connectivity index (χ1) is 16.5. The molecule has 0 amide bonds. The van der Waals surface area contributed by atoms with Gasteiger partial charge in [0.25, 0.3) is 0 Å². The predicted molar refractivity (Wildman–Crippen MR) is 130 cm³/mol. The summed E-state index contributed by atoms with van der Waals surface area (Å²) < 4.78 is 23.9. The van der Waals surface area contributed by atoms with Gasteiger partial charge in [-0.15, -0.1) is 0 Å². The Balaban J connectivity index is 1.65. The van der Waals surface area contributed by atoms with E-state index in [0.29, 0.717) is 30.1 Å². The zero-order valence-electron chi connectivity index (χ0n) is 20.0. The number of fused-ring (bicyclic) bond motifs is 1. The van der Waals surface area contributed by atoms with Crippen molar-refractivity contribution in [3.63, 3.8) is 0 Å². The lowest BCUT2D eigenvalue weighted by Crippen LogP contribution is -2.32. The van der Waals surface area contributed by atoms with Gasteiger partial charge in [-0.3, -0.25) is 0 Å². The molecule has 180 valence electrons. The number of ether oxygens (including phenoxy) is 4. The smallest absolute Gasteiger partial charge is 0.336 e. The van der Waals surface area contributed by atoms with E-state index in [1.807, 2.05) is 62.4 Å². The van der Waals surface area contributed by atoms with Gasteiger partial charge in [0, 0.05) is 12.0 Å². The van der Waals surface area contributed by atoms with Crippen LogP contribution in [0.5, 0.6) is 11.5 Å². The van der Waals surface area contributed by atoms with Crippen LogP contribution in [0.1, 0.15) is 57.6 Å². The highest BCUT2D eigenvalue weighted by atomic mass is 16.7. The molecule has 0 spiro atoms. The normalized spacial score (nSPS) is 19.1. The number of rotatable bonds is 10. The van der Waals surface area contributed by atoms with Crippen LogP contribution in [0.3, 0.4) is 0 Å². The molecule has 6 nitrogen and oxygen atoms in total. The molecule has 0 bridgehead atoms. The third-order valence-electron chi connectivity index (χ3n) is 5.85. The molecular formula is C28H32O6. The van der Waals surface area contributed by atoms with Gasteiger partial charge < -0.3 is 24.1 Å². The molecule has 2 aromatic carbocycles. The number of carbonyl (C=O) groups is 1. The van der Waals surface area contributed by atoms with Gasteiger partial charge in [-0.05, 0) is 56.0 Å². The van der Waals surface area contributed by atoms with Crippen molar-refractivity contribution in [2.75, 3.05) is 0 Å². The van der Waals surface area contributed by atoms with Crippen molar-refractivity contribution in [2.24, 2.45) is 0 Å². The summed E-state index contributed by atoms with van der Waals surface area (Å²) in [4.78, 5) is 12.5. The minimum Gasteiger partial charge on any atom is -0.491 e. The summed E-state index contributed by atoms with van der Waals surface area (Å²) in [6.07, 6.45) is 4.23. The summed E-state index contributed by atoms with van der Waals surface area (Å²) >= 11 is 0. The van der Waals surface area contributed by atoms with Gasteiger partial charge in [-0.2, -0.15) is 0 Å². The summed E-state index contributed by atoms with van der Waals surface area (Å²) in [7, 11) is 0. The van der Waals surface area contributed by atoms with E-state index in [1.54, 1.807) is 0 Å². The van der Waals surface area contributed by atoms with E-state index in [0.717, 1.165) is 36.0 Å². The van der Waals surface area contributed by atoms with Crippen LogP contribution in [0, 0.1) is 0 Å². The van der Waals surface area contributed by atoms with Crippen molar-refractivity contribution in [3.8, 4) is 11.5 Å². The molecule has 0 saturated heterocycles. The Kier molecular flexibility index (Phi) is 7.46. The highest BCUT2D eigenvalue weighted by Gasteiger charge is 2.39. The van der Waals surface area contributed by atoms with Crippen molar-refractivity contribution in [1.29, 1.82) is 0 Å². The quantitative estimate of drug-likeness (QED) is 0.428. The lowest BCUT2D eigenvalue weighted by atomic mass is 9.88. The van der Waals surface area contributed by atoms with Gasteiger partial charge in [0.15, 0.2) is 11.9 Å². The lowest BCUT2D eigenvalue weighted by molar-refractivity contribution is -0.133. The molecule has 6 heteroatoms. The molecule has 2 atom stereocenters. The summed E-state index contributed by atoms with van der Waals surface area (Å²) in [6, 6.07) is 15.5. The minimum absolute atomic E-state index is 0.0116. The van der Waals surface area contributed by atoms with Crippen molar-refractivity contribution in [2.45, 2.75) is 71.4 Å². The molecular weight excluding hydrogens is 432 g/mol. The first kappa shape index (κ1) is 23.7. The maximum atomic E-state index is 12.5. The van der Waals surface area contributed by atoms with E-state index in [1.165, 1.54) is 6.26 Å². The Morgan fingerprint density at radius 2 is 1.88 bits per heavy atom. The van der Waals surface area contributed by atoms with E-state index in [9.17, 15) is 9.90 Å². The Labute approximate surface area is 200 Å². The van der Waals surface area contributed by atoms with Gasteiger partial charge >= 0.3 is 5.97 Å². The van der Waals surface area contributed by atoms with Crippen molar-refractivity contribution >= 4 is 11.5 Å². The van der Waals surface area contributed by atoms with E-state index in [4.69, 9.17) is 18.9 Å². The second-order valence-electron chi connectivity index (χ2n) is 8.87. The van der Waals surface area contributed by atoms with Crippen molar-refractivity contribution in [1.82, 2.24) is 0 Å². The first-order valence-corrected chi connectivity index (χ1v) is 12.0. The highest BCUT2D eigenvalue weighted by Crippen LogP contribution is 2.43. The second-order valence-corrected chi connectivity index (χ2v) is 8.87. The Hall–Kier alpha value is -3.41. The third kappa shape index (κ3) is 5.38. The summed E-state index contributed by atoms with van der Waals surface area (Å²) in [5.74, 6) is 0.664. The average Bonchev–Trinajstić information content (AvgIpc) is 3.27. The van der Waals surface area contributed by atoms with Crippen LogP contribution in [0.25, 0.3) is 5.57 Å². The summed E-state index contributed by atoms with van der Waals surface area (Å²) in [6.45, 7) is 6.05. The minimum atomic E-state index is -1.02. The molecule has 2 unspecified atom stereocenters. The maximum Gasteiger partial charge on any atom is 0.336 e. The predicted octanol–water partition coefficient (Wildman–Crippen LogP) is 6.11. The fraction of sp³-hybridized carbons (Fsp3) is 0.393. The molecule has 4 rings (SSSR count). The van der Waals surface area contributed by atoms with Gasteiger partial charge in [0.05, 0.1) is 11.7 Å². The number of carboxylic acids is 1. The zero-order chi connectivity index (χ0) is 24.1. The number of hydrogen-bond donors (Lipinski definition) is 1. The van der Waals surface area contributed by atoms with Gasteiger partial charge in [-0.1, -0.05) is 50.1 Å². The molecule has 34 heavy (non-hydrogen) atoms. The molecule has 1 N–H and O–H groups in total. The zero-order valence-corrected chi connectivity index (χ0v) is 20.0. The van der Waals surface area contributed by atoms with Gasteiger partial charge in [-0.25, -0.2) is 4.79 Å². The lowest BCUT2D eigenvalue weighted by Gasteiger charge is -2.30. The monoisotopic (exact) mass is 464 g/mol. The first-order valence-electron chi connectivity index (χ1n) is 12.0. The van der Waals surface area contributed by atoms with Crippen molar-refractivity contribution < 1.29 is 28.8 Å². The second kappa shape index (κ2) is 10.7. The largest absolute Gasteiger partial charge is 0.491 e. The maximum absolute atomic E-state index is 12.5. The van der Waals surface area contributed by atoms with E-state index in [-0.39, 0.29) is 11.7 Å². The van der Waals surface area contributed by atoms with Crippen molar-refractivity contribution in [3.05, 3.63) is 77.3 Å². The molecule has 0 saturated carbocycles. The number of benzene rings is 2.